The van der Waals surface area contributed by atoms with Gasteiger partial charge in [-0.2, -0.15) is 0 Å². The van der Waals surface area contributed by atoms with Crippen LogP contribution in [0.2, 0.25) is 0 Å². The van der Waals surface area contributed by atoms with Gasteiger partial charge in [0.2, 0.25) is 5.88 Å². The summed E-state index contributed by atoms with van der Waals surface area (Å²) in [5.41, 5.74) is 4.71. The third-order valence-corrected chi connectivity index (χ3v) is 7.55. The summed E-state index contributed by atoms with van der Waals surface area (Å²) in [6.45, 7) is 6.40. The van der Waals surface area contributed by atoms with Crippen molar-refractivity contribution < 1.29 is 14.0 Å². The molecule has 0 spiro atoms. The van der Waals surface area contributed by atoms with Gasteiger partial charge >= 0.3 is 5.69 Å². The fourth-order valence-corrected chi connectivity index (χ4v) is 4.95. The Labute approximate surface area is 211 Å². The number of pyridine rings is 2. The highest BCUT2D eigenvalue weighted by Gasteiger charge is 2.23. The third-order valence-electron chi connectivity index (χ3n) is 7.55. The second-order valence-electron chi connectivity index (χ2n) is 10.3. The van der Waals surface area contributed by atoms with Crippen molar-refractivity contribution in [1.29, 1.82) is 0 Å². The zero-order valence-electron chi connectivity index (χ0n) is 21.7. The van der Waals surface area contributed by atoms with Crippen LogP contribution in [-0.4, -0.2) is 70.6 Å². The van der Waals surface area contributed by atoms with Crippen LogP contribution < -0.4 is 10.4 Å². The molecule has 0 radical (unpaired) electrons. The Morgan fingerprint density at radius 1 is 1.08 bits per heavy atom. The fraction of sp³-hybridized carbons (Fsp3) is 0.464. The van der Waals surface area contributed by atoms with Crippen molar-refractivity contribution >= 4 is 21.9 Å². The molecule has 0 aliphatic carbocycles. The van der Waals surface area contributed by atoms with E-state index in [1.165, 1.54) is 0 Å². The van der Waals surface area contributed by atoms with Crippen LogP contribution in [0.15, 0.2) is 47.5 Å². The molecular formula is C28H36N5O3+. The zero-order chi connectivity index (χ0) is 25.3. The quantitative estimate of drug-likeness (QED) is 0.274. The predicted octanol–water partition coefficient (Wildman–Crippen LogP) is 4.17. The first-order valence-corrected chi connectivity index (χ1v) is 12.9. The standard InChI is InChI=1S/C28H36N5O3/c1-5-33(3,4)13-6-14-36-26-10-8-21(18-30-26)20-7-9-24-23(17-20)27-25(19-29-24)31(2)28(34)32(27)22-11-15-35-16-12-22/h7-10,17-19,22H,5-6,11-16H2,1-4H3/q+1. The first kappa shape index (κ1) is 24.5. The van der Waals surface area contributed by atoms with Gasteiger partial charge in [0.05, 0.1) is 56.5 Å². The van der Waals surface area contributed by atoms with Gasteiger partial charge in [0.1, 0.15) is 0 Å². The van der Waals surface area contributed by atoms with E-state index in [0.29, 0.717) is 25.7 Å². The number of nitrogens with zero attached hydrogens (tertiary/aromatic N) is 5. The van der Waals surface area contributed by atoms with Crippen LogP contribution >= 0.6 is 0 Å². The minimum Gasteiger partial charge on any atom is -0.477 e. The highest BCUT2D eigenvalue weighted by atomic mass is 16.5. The van der Waals surface area contributed by atoms with E-state index in [9.17, 15) is 4.79 Å². The van der Waals surface area contributed by atoms with Crippen LogP contribution in [-0.2, 0) is 11.8 Å². The summed E-state index contributed by atoms with van der Waals surface area (Å²) in [5, 5.41) is 0.978. The molecule has 4 heterocycles. The van der Waals surface area contributed by atoms with Crippen molar-refractivity contribution in [2.45, 2.75) is 32.2 Å². The lowest BCUT2D eigenvalue weighted by Gasteiger charge is -2.27. The topological polar surface area (TPSA) is 71.2 Å². The van der Waals surface area contributed by atoms with Crippen molar-refractivity contribution in [2.75, 3.05) is 47.0 Å². The summed E-state index contributed by atoms with van der Waals surface area (Å²) in [6.07, 6.45) is 6.32. The van der Waals surface area contributed by atoms with Gasteiger partial charge in [-0.05, 0) is 43.5 Å². The molecule has 0 saturated carbocycles. The minimum atomic E-state index is 0.000829. The van der Waals surface area contributed by atoms with Crippen molar-refractivity contribution in [3.8, 4) is 17.0 Å². The summed E-state index contributed by atoms with van der Waals surface area (Å²) in [7, 11) is 6.29. The Balaban J connectivity index is 1.44. The molecule has 3 aromatic heterocycles. The number of imidazole rings is 1. The van der Waals surface area contributed by atoms with Crippen LogP contribution in [0.25, 0.3) is 33.1 Å². The smallest absolute Gasteiger partial charge is 0.329 e. The van der Waals surface area contributed by atoms with Crippen molar-refractivity contribution in [1.82, 2.24) is 19.1 Å². The first-order valence-electron chi connectivity index (χ1n) is 12.9. The third kappa shape index (κ3) is 4.75. The number of aryl methyl sites for hydroxylation is 1. The number of fused-ring (bicyclic) bond motifs is 3. The SMILES string of the molecule is CC[N+](C)(C)CCCOc1ccc(-c2ccc3ncc4c(c3c2)n(C2CCOCC2)c(=O)n4C)cn1. The van der Waals surface area contributed by atoms with E-state index < -0.39 is 0 Å². The molecule has 4 aromatic rings. The highest BCUT2D eigenvalue weighted by molar-refractivity contribution is 6.04. The average molecular weight is 491 g/mol. The van der Waals surface area contributed by atoms with Crippen LogP contribution in [0.4, 0.5) is 0 Å². The molecule has 0 unspecified atom stereocenters. The molecule has 1 aromatic carbocycles. The van der Waals surface area contributed by atoms with Crippen LogP contribution in [0.3, 0.4) is 0 Å². The van der Waals surface area contributed by atoms with Gasteiger partial charge < -0.3 is 14.0 Å². The number of aromatic nitrogens is 4. The summed E-state index contributed by atoms with van der Waals surface area (Å²) >= 11 is 0. The predicted molar refractivity (Wildman–Crippen MR) is 142 cm³/mol. The maximum Gasteiger partial charge on any atom is 0.329 e. The second kappa shape index (κ2) is 10.0. The number of quaternary nitrogens is 1. The fourth-order valence-electron chi connectivity index (χ4n) is 4.95. The molecule has 0 N–H and O–H groups in total. The van der Waals surface area contributed by atoms with E-state index in [1.807, 2.05) is 42.2 Å². The summed E-state index contributed by atoms with van der Waals surface area (Å²) in [6, 6.07) is 10.3. The van der Waals surface area contributed by atoms with Gasteiger partial charge in [0, 0.05) is 55.9 Å². The molecule has 0 bridgehead atoms. The van der Waals surface area contributed by atoms with E-state index in [-0.39, 0.29) is 11.7 Å². The first-order chi connectivity index (χ1) is 17.4. The lowest BCUT2D eigenvalue weighted by Crippen LogP contribution is -2.40. The van der Waals surface area contributed by atoms with Gasteiger partial charge in [-0.3, -0.25) is 14.1 Å². The van der Waals surface area contributed by atoms with Crippen LogP contribution in [0.1, 0.15) is 32.2 Å². The summed E-state index contributed by atoms with van der Waals surface area (Å²) in [5.74, 6) is 0.641. The molecule has 1 saturated heterocycles. The van der Waals surface area contributed by atoms with Gasteiger partial charge in [0.15, 0.2) is 0 Å². The van der Waals surface area contributed by atoms with Crippen LogP contribution in [0, 0.1) is 0 Å². The maximum atomic E-state index is 13.2. The molecule has 8 heteroatoms. The Morgan fingerprint density at radius 2 is 1.86 bits per heavy atom. The average Bonchev–Trinajstić information content (AvgIpc) is 3.17. The second-order valence-corrected chi connectivity index (χ2v) is 10.3. The van der Waals surface area contributed by atoms with Gasteiger partial charge in [-0.1, -0.05) is 6.07 Å². The number of benzene rings is 1. The monoisotopic (exact) mass is 490 g/mol. The molecule has 0 atom stereocenters. The number of hydrogen-bond donors (Lipinski definition) is 0. The Bertz CT molecular complexity index is 1420. The highest BCUT2D eigenvalue weighted by Crippen LogP contribution is 2.32. The molecule has 1 aliphatic heterocycles. The Hall–Kier alpha value is -3.23. The number of ether oxygens (including phenoxy) is 2. The zero-order valence-corrected chi connectivity index (χ0v) is 21.7. The molecule has 5 rings (SSSR count). The molecule has 8 nitrogen and oxygen atoms in total. The molecule has 36 heavy (non-hydrogen) atoms. The number of hydrogen-bond acceptors (Lipinski definition) is 5. The van der Waals surface area contributed by atoms with E-state index in [2.05, 4.69) is 43.1 Å². The Kier molecular flexibility index (Phi) is 6.81. The molecule has 1 fully saturated rings. The largest absolute Gasteiger partial charge is 0.477 e. The summed E-state index contributed by atoms with van der Waals surface area (Å²) < 4.78 is 16.1. The van der Waals surface area contributed by atoms with Gasteiger partial charge in [-0.25, -0.2) is 9.78 Å². The summed E-state index contributed by atoms with van der Waals surface area (Å²) in [4.78, 5) is 22.4. The van der Waals surface area contributed by atoms with Crippen LogP contribution in [0.5, 0.6) is 5.88 Å². The van der Waals surface area contributed by atoms with Crippen molar-refractivity contribution in [3.05, 3.63) is 53.2 Å². The Morgan fingerprint density at radius 3 is 2.58 bits per heavy atom. The number of rotatable bonds is 8. The van der Waals surface area contributed by atoms with E-state index in [0.717, 1.165) is 69.9 Å². The van der Waals surface area contributed by atoms with E-state index in [1.54, 1.807) is 4.57 Å². The van der Waals surface area contributed by atoms with Crippen molar-refractivity contribution in [2.24, 2.45) is 7.05 Å². The lowest BCUT2D eigenvalue weighted by molar-refractivity contribution is -0.888. The van der Waals surface area contributed by atoms with Crippen molar-refractivity contribution in [3.63, 3.8) is 0 Å². The molecule has 0 amide bonds. The molecule has 190 valence electrons. The van der Waals surface area contributed by atoms with Gasteiger partial charge in [-0.15, -0.1) is 0 Å². The van der Waals surface area contributed by atoms with E-state index in [4.69, 9.17) is 9.47 Å². The lowest BCUT2D eigenvalue weighted by atomic mass is 10.0. The van der Waals surface area contributed by atoms with E-state index >= 15 is 0 Å². The molecule has 1 aliphatic rings. The minimum absolute atomic E-state index is 0.000829. The molecular weight excluding hydrogens is 454 g/mol. The maximum absolute atomic E-state index is 13.2. The normalized spacial score (nSPS) is 15.1. The van der Waals surface area contributed by atoms with Gasteiger partial charge in [0.25, 0.3) is 0 Å².